The minimum absolute atomic E-state index is 0.655. The molecular formula is C3H7IN2. The van der Waals surface area contributed by atoms with E-state index >= 15 is 0 Å². The van der Waals surface area contributed by atoms with Crippen molar-refractivity contribution in [3.05, 3.63) is 0 Å². The van der Waals surface area contributed by atoms with E-state index in [-0.39, 0.29) is 0 Å². The van der Waals surface area contributed by atoms with Gasteiger partial charge in [-0.05, 0) is 0 Å². The summed E-state index contributed by atoms with van der Waals surface area (Å²) >= 11 is 2.36. The Morgan fingerprint density at radius 1 is 1.67 bits per heavy atom. The van der Waals surface area contributed by atoms with Crippen molar-refractivity contribution in [2.45, 2.75) is 4.05 Å². The van der Waals surface area contributed by atoms with Crippen LogP contribution in [0.4, 0.5) is 0 Å². The lowest BCUT2D eigenvalue weighted by molar-refractivity contribution is 0.802. The van der Waals surface area contributed by atoms with Gasteiger partial charge in [-0.25, -0.2) is 0 Å². The number of rotatable bonds is 0. The van der Waals surface area contributed by atoms with Gasteiger partial charge in [0, 0.05) is 13.2 Å². The maximum atomic E-state index is 3.20. The summed E-state index contributed by atoms with van der Waals surface area (Å²) in [7, 11) is 0. The van der Waals surface area contributed by atoms with E-state index in [4.69, 9.17) is 0 Å². The van der Waals surface area contributed by atoms with Gasteiger partial charge in [-0.2, -0.15) is 0 Å². The van der Waals surface area contributed by atoms with Crippen molar-refractivity contribution in [2.24, 2.45) is 0 Å². The summed E-state index contributed by atoms with van der Waals surface area (Å²) in [5, 5.41) is 6.35. The van der Waals surface area contributed by atoms with Crippen molar-refractivity contribution in [3.63, 3.8) is 0 Å². The van der Waals surface area contributed by atoms with Crippen LogP contribution in [0.2, 0.25) is 0 Å². The molecular weight excluding hydrogens is 191 g/mol. The van der Waals surface area contributed by atoms with E-state index in [1.807, 2.05) is 0 Å². The van der Waals surface area contributed by atoms with Crippen LogP contribution < -0.4 is 10.6 Å². The molecule has 1 unspecified atom stereocenters. The summed E-state index contributed by atoms with van der Waals surface area (Å²) in [5.74, 6) is 0. The molecule has 2 N–H and O–H groups in total. The first kappa shape index (κ1) is 4.80. The van der Waals surface area contributed by atoms with E-state index in [2.05, 4.69) is 33.2 Å². The third-order valence-corrected chi connectivity index (χ3v) is 1.65. The lowest BCUT2D eigenvalue weighted by atomic mass is 10.7. The van der Waals surface area contributed by atoms with E-state index in [1.54, 1.807) is 0 Å². The number of halogens is 1. The highest BCUT2D eigenvalue weighted by Crippen LogP contribution is 1.95. The molecule has 0 aliphatic carbocycles. The van der Waals surface area contributed by atoms with Gasteiger partial charge in [0.25, 0.3) is 0 Å². The molecule has 0 amide bonds. The first-order valence-electron chi connectivity index (χ1n) is 1.98. The van der Waals surface area contributed by atoms with E-state index < -0.39 is 0 Å². The Bertz CT molecular complexity index is 42.1. The van der Waals surface area contributed by atoms with E-state index in [0.29, 0.717) is 4.05 Å². The fourth-order valence-electron chi connectivity index (χ4n) is 0.454. The molecule has 0 aromatic rings. The van der Waals surface area contributed by atoms with E-state index in [0.717, 1.165) is 13.2 Å². The minimum Gasteiger partial charge on any atom is -0.302 e. The smallest absolute Gasteiger partial charge is 0.0730 e. The molecule has 2 nitrogen and oxygen atoms in total. The second-order valence-electron chi connectivity index (χ2n) is 1.30. The van der Waals surface area contributed by atoms with Crippen LogP contribution in [0.1, 0.15) is 0 Å². The summed E-state index contributed by atoms with van der Waals surface area (Å²) in [6.45, 7) is 2.09. The quantitative estimate of drug-likeness (QED) is 0.322. The normalized spacial score (nSPS) is 34.5. The Morgan fingerprint density at radius 2 is 2.50 bits per heavy atom. The average molecular weight is 198 g/mol. The highest BCUT2D eigenvalue weighted by Gasteiger charge is 2.05. The standard InChI is InChI=1S/C3H7IN2/c4-3-1-5-2-6-3/h3,5-6H,1-2H2. The number of alkyl halides is 1. The zero-order valence-electron chi connectivity index (χ0n) is 3.37. The first-order chi connectivity index (χ1) is 2.89. The van der Waals surface area contributed by atoms with Crippen LogP contribution in [0.5, 0.6) is 0 Å². The first-order valence-corrected chi connectivity index (χ1v) is 3.22. The zero-order chi connectivity index (χ0) is 4.41. The largest absolute Gasteiger partial charge is 0.302 e. The van der Waals surface area contributed by atoms with Gasteiger partial charge in [-0.15, -0.1) is 0 Å². The summed E-state index contributed by atoms with van der Waals surface area (Å²) in [6, 6.07) is 0. The van der Waals surface area contributed by atoms with Crippen molar-refractivity contribution >= 4 is 22.6 Å². The van der Waals surface area contributed by atoms with Gasteiger partial charge in [0.05, 0.1) is 4.05 Å². The second-order valence-corrected chi connectivity index (χ2v) is 2.81. The van der Waals surface area contributed by atoms with Gasteiger partial charge >= 0.3 is 0 Å². The molecule has 1 rings (SSSR count). The molecule has 0 aromatic heterocycles. The molecule has 1 aliphatic heterocycles. The maximum Gasteiger partial charge on any atom is 0.0730 e. The Hall–Kier alpha value is 0.650. The molecule has 1 aliphatic rings. The topological polar surface area (TPSA) is 24.1 Å². The van der Waals surface area contributed by atoms with Crippen LogP contribution in [-0.4, -0.2) is 17.3 Å². The van der Waals surface area contributed by atoms with Crippen molar-refractivity contribution in [1.82, 2.24) is 10.6 Å². The predicted molar refractivity (Wildman–Crippen MR) is 33.8 cm³/mol. The molecule has 6 heavy (non-hydrogen) atoms. The Balaban J connectivity index is 2.18. The van der Waals surface area contributed by atoms with Gasteiger partial charge in [-0.1, -0.05) is 22.6 Å². The molecule has 1 fully saturated rings. The lowest BCUT2D eigenvalue weighted by Crippen LogP contribution is -2.15. The number of hydrogen-bond acceptors (Lipinski definition) is 2. The molecule has 1 atom stereocenters. The van der Waals surface area contributed by atoms with Crippen molar-refractivity contribution in [3.8, 4) is 0 Å². The molecule has 3 heteroatoms. The number of hydrogen-bond donors (Lipinski definition) is 2. The van der Waals surface area contributed by atoms with Crippen LogP contribution in [0, 0.1) is 0 Å². The van der Waals surface area contributed by atoms with Gasteiger partial charge in [-0.3, -0.25) is 5.32 Å². The molecule has 0 aromatic carbocycles. The van der Waals surface area contributed by atoms with Gasteiger partial charge in [0.15, 0.2) is 0 Å². The summed E-state index contributed by atoms with van der Waals surface area (Å²) in [6.07, 6.45) is 0. The van der Waals surface area contributed by atoms with Crippen LogP contribution in [-0.2, 0) is 0 Å². The molecule has 0 radical (unpaired) electrons. The third kappa shape index (κ3) is 1.06. The Kier molecular flexibility index (Phi) is 1.67. The second kappa shape index (κ2) is 2.09. The minimum atomic E-state index is 0.655. The molecule has 36 valence electrons. The average Bonchev–Trinajstić information content (AvgIpc) is 1.86. The van der Waals surface area contributed by atoms with Gasteiger partial charge < -0.3 is 5.32 Å². The molecule has 0 bridgehead atoms. The van der Waals surface area contributed by atoms with Gasteiger partial charge in [0.1, 0.15) is 0 Å². The highest BCUT2D eigenvalue weighted by atomic mass is 127. The lowest BCUT2D eigenvalue weighted by Gasteiger charge is -1.90. The monoisotopic (exact) mass is 198 g/mol. The van der Waals surface area contributed by atoms with E-state index in [9.17, 15) is 0 Å². The zero-order valence-corrected chi connectivity index (χ0v) is 5.53. The molecule has 0 saturated carbocycles. The summed E-state index contributed by atoms with van der Waals surface area (Å²) in [5.41, 5.74) is 0. The molecule has 0 spiro atoms. The van der Waals surface area contributed by atoms with Crippen LogP contribution in [0.3, 0.4) is 0 Å². The van der Waals surface area contributed by atoms with E-state index in [1.165, 1.54) is 0 Å². The Morgan fingerprint density at radius 3 is 2.67 bits per heavy atom. The van der Waals surface area contributed by atoms with Crippen LogP contribution in [0.25, 0.3) is 0 Å². The fraction of sp³-hybridized carbons (Fsp3) is 1.00. The maximum absolute atomic E-state index is 3.20. The van der Waals surface area contributed by atoms with Crippen molar-refractivity contribution in [2.75, 3.05) is 13.2 Å². The van der Waals surface area contributed by atoms with Crippen molar-refractivity contribution in [1.29, 1.82) is 0 Å². The van der Waals surface area contributed by atoms with Crippen LogP contribution >= 0.6 is 22.6 Å². The van der Waals surface area contributed by atoms with Gasteiger partial charge in [0.2, 0.25) is 0 Å². The SMILES string of the molecule is IC1CNCN1. The predicted octanol–water partition coefficient (Wildman–Crippen LogP) is -0.102. The third-order valence-electron chi connectivity index (χ3n) is 0.772. The number of nitrogens with one attached hydrogen (secondary N) is 2. The fourth-order valence-corrected chi connectivity index (χ4v) is 0.986. The highest BCUT2D eigenvalue weighted by molar-refractivity contribution is 14.1. The Labute approximate surface area is 50.8 Å². The molecule has 1 heterocycles. The summed E-state index contributed by atoms with van der Waals surface area (Å²) < 4.78 is 0.655. The van der Waals surface area contributed by atoms with Crippen LogP contribution in [0.15, 0.2) is 0 Å². The molecule has 1 saturated heterocycles. The van der Waals surface area contributed by atoms with Crippen molar-refractivity contribution < 1.29 is 0 Å². The summed E-state index contributed by atoms with van der Waals surface area (Å²) in [4.78, 5) is 0.